The second kappa shape index (κ2) is 6.23. The van der Waals surface area contributed by atoms with Crippen LogP contribution in [-0.4, -0.2) is 15.9 Å². The summed E-state index contributed by atoms with van der Waals surface area (Å²) in [5.41, 5.74) is 7.20. The van der Waals surface area contributed by atoms with Gasteiger partial charge in [-0.15, -0.1) is 0 Å². The molecule has 4 nitrogen and oxygen atoms in total. The highest BCUT2D eigenvalue weighted by Crippen LogP contribution is 2.23. The fourth-order valence-electron chi connectivity index (χ4n) is 1.45. The number of nitrogens with two attached hydrogens (primary N) is 1. The van der Waals surface area contributed by atoms with Gasteiger partial charge < -0.3 is 11.1 Å². The molecule has 0 fully saturated rings. The molecule has 0 spiro atoms. The molecule has 0 aliphatic heterocycles. The minimum Gasteiger partial charge on any atom is -0.389 e. The van der Waals surface area contributed by atoms with Crippen LogP contribution in [0.4, 0.5) is 5.13 Å². The average Bonchev–Trinajstić information content (AvgIpc) is 2.75. The Kier molecular flexibility index (Phi) is 4.62. The van der Waals surface area contributed by atoms with Crippen molar-refractivity contribution < 1.29 is 4.79 Å². The van der Waals surface area contributed by atoms with Gasteiger partial charge in [0.15, 0.2) is 5.13 Å². The van der Waals surface area contributed by atoms with E-state index in [1.54, 1.807) is 6.20 Å². The van der Waals surface area contributed by atoms with Crippen LogP contribution in [0.5, 0.6) is 0 Å². The summed E-state index contributed by atoms with van der Waals surface area (Å²) in [5, 5.41) is 3.32. The van der Waals surface area contributed by atoms with Crippen molar-refractivity contribution in [2.45, 2.75) is 6.42 Å². The van der Waals surface area contributed by atoms with Crippen molar-refractivity contribution in [2.24, 2.45) is 5.73 Å². The smallest absolute Gasteiger partial charge is 0.230 e. The zero-order chi connectivity index (χ0) is 13.8. The third-order valence-corrected chi connectivity index (χ3v) is 3.95. The van der Waals surface area contributed by atoms with Crippen LogP contribution in [0.1, 0.15) is 11.1 Å². The lowest BCUT2D eigenvalue weighted by Gasteiger charge is -2.03. The first-order chi connectivity index (χ1) is 9.04. The number of nitrogens with zero attached hydrogens (tertiary/aromatic N) is 1. The third kappa shape index (κ3) is 4.09. The molecule has 0 radical (unpaired) electrons. The van der Waals surface area contributed by atoms with E-state index in [-0.39, 0.29) is 12.3 Å². The van der Waals surface area contributed by atoms with E-state index in [0.29, 0.717) is 10.1 Å². The van der Waals surface area contributed by atoms with Crippen LogP contribution in [0.3, 0.4) is 0 Å². The summed E-state index contributed by atoms with van der Waals surface area (Å²) in [6, 6.07) is 7.30. The summed E-state index contributed by atoms with van der Waals surface area (Å²) in [7, 11) is 0. The molecule has 0 aliphatic carbocycles. The molecular formula is C12H10BrN3OS2. The number of halogens is 1. The number of benzene rings is 1. The van der Waals surface area contributed by atoms with Crippen LogP contribution in [0.2, 0.25) is 0 Å². The maximum atomic E-state index is 11.8. The maximum Gasteiger partial charge on any atom is 0.230 e. The van der Waals surface area contributed by atoms with Crippen LogP contribution in [0, 0.1) is 0 Å². The average molecular weight is 356 g/mol. The highest BCUT2D eigenvalue weighted by molar-refractivity contribution is 9.11. The monoisotopic (exact) mass is 355 g/mol. The summed E-state index contributed by atoms with van der Waals surface area (Å²) in [6.07, 6.45) is 1.94. The van der Waals surface area contributed by atoms with Gasteiger partial charge in [-0.3, -0.25) is 4.79 Å². The predicted molar refractivity (Wildman–Crippen MR) is 84.5 cm³/mol. The minimum atomic E-state index is -0.107. The second-order valence-electron chi connectivity index (χ2n) is 3.76. The van der Waals surface area contributed by atoms with Crippen LogP contribution < -0.4 is 11.1 Å². The molecular weight excluding hydrogens is 346 g/mol. The number of hydrogen-bond acceptors (Lipinski definition) is 4. The molecule has 0 atom stereocenters. The first-order valence-corrected chi connectivity index (χ1v) is 7.36. The maximum absolute atomic E-state index is 11.8. The van der Waals surface area contributed by atoms with Gasteiger partial charge in [-0.05, 0) is 21.5 Å². The molecule has 7 heteroatoms. The fourth-order valence-corrected chi connectivity index (χ4v) is 2.71. The van der Waals surface area contributed by atoms with Crippen molar-refractivity contribution in [1.82, 2.24) is 4.98 Å². The molecule has 0 unspecified atom stereocenters. The van der Waals surface area contributed by atoms with Crippen molar-refractivity contribution in [3.05, 3.63) is 45.4 Å². The number of rotatable bonds is 4. The number of thiocarbonyl (C=S) groups is 1. The minimum absolute atomic E-state index is 0.107. The topological polar surface area (TPSA) is 68.0 Å². The van der Waals surface area contributed by atoms with E-state index < -0.39 is 0 Å². The van der Waals surface area contributed by atoms with Crippen molar-refractivity contribution in [2.75, 3.05) is 5.32 Å². The Morgan fingerprint density at radius 2 is 2.11 bits per heavy atom. The number of amides is 1. The highest BCUT2D eigenvalue weighted by Gasteiger charge is 2.07. The Balaban J connectivity index is 1.97. The standard InChI is InChI=1S/C12H10BrN3OS2/c13-9-6-15-12(19-9)16-10(17)5-7-1-3-8(4-2-7)11(14)18/h1-4,6H,5H2,(H2,14,18)(H,15,16,17). The number of thiazole rings is 1. The van der Waals surface area contributed by atoms with Gasteiger partial charge in [0.25, 0.3) is 0 Å². The summed E-state index contributed by atoms with van der Waals surface area (Å²) in [5.74, 6) is -0.107. The Hall–Kier alpha value is -1.31. The molecule has 0 saturated carbocycles. The van der Waals surface area contributed by atoms with Gasteiger partial charge in [0.2, 0.25) is 5.91 Å². The first-order valence-electron chi connectivity index (χ1n) is 5.34. The molecule has 2 aromatic rings. The van der Waals surface area contributed by atoms with Gasteiger partial charge >= 0.3 is 0 Å². The van der Waals surface area contributed by atoms with Crippen LogP contribution in [0.25, 0.3) is 0 Å². The largest absolute Gasteiger partial charge is 0.389 e. The lowest BCUT2D eigenvalue weighted by Crippen LogP contribution is -2.14. The Bertz CT molecular complexity index is 610. The number of anilines is 1. The van der Waals surface area contributed by atoms with Gasteiger partial charge in [0.1, 0.15) is 4.99 Å². The number of aromatic nitrogens is 1. The summed E-state index contributed by atoms with van der Waals surface area (Å²) in [6.45, 7) is 0. The molecule has 0 bridgehead atoms. The van der Waals surface area contributed by atoms with Crippen molar-refractivity contribution >= 4 is 55.5 Å². The van der Waals surface area contributed by atoms with Gasteiger partial charge in [-0.2, -0.15) is 0 Å². The molecule has 1 aromatic heterocycles. The van der Waals surface area contributed by atoms with Crippen molar-refractivity contribution in [1.29, 1.82) is 0 Å². The molecule has 3 N–H and O–H groups in total. The van der Waals surface area contributed by atoms with Gasteiger partial charge in [0.05, 0.1) is 16.4 Å². The van der Waals surface area contributed by atoms with E-state index in [9.17, 15) is 4.79 Å². The second-order valence-corrected chi connectivity index (χ2v) is 6.61. The van der Waals surface area contributed by atoms with Gasteiger partial charge in [0, 0.05) is 5.56 Å². The molecule has 19 heavy (non-hydrogen) atoms. The molecule has 2 rings (SSSR count). The van der Waals surface area contributed by atoms with E-state index in [1.165, 1.54) is 11.3 Å². The van der Waals surface area contributed by atoms with Crippen molar-refractivity contribution in [3.8, 4) is 0 Å². The molecule has 0 aliphatic rings. The third-order valence-electron chi connectivity index (χ3n) is 2.33. The van der Waals surface area contributed by atoms with E-state index in [0.717, 1.165) is 14.9 Å². The normalized spacial score (nSPS) is 10.2. The molecule has 0 saturated heterocycles. The Labute approximate surface area is 128 Å². The number of carbonyl (C=O) groups is 1. The Morgan fingerprint density at radius 3 is 2.63 bits per heavy atom. The van der Waals surface area contributed by atoms with Crippen molar-refractivity contribution in [3.63, 3.8) is 0 Å². The van der Waals surface area contributed by atoms with Gasteiger partial charge in [-0.25, -0.2) is 4.98 Å². The summed E-state index contributed by atoms with van der Waals surface area (Å²) in [4.78, 5) is 16.2. The number of hydrogen-bond donors (Lipinski definition) is 2. The summed E-state index contributed by atoms with van der Waals surface area (Å²) >= 11 is 9.53. The fraction of sp³-hybridized carbons (Fsp3) is 0.0833. The number of nitrogens with one attached hydrogen (secondary N) is 1. The predicted octanol–water partition coefficient (Wildman–Crippen LogP) is 2.72. The molecule has 1 amide bonds. The SMILES string of the molecule is NC(=S)c1ccc(CC(=O)Nc2ncc(Br)s2)cc1. The lowest BCUT2D eigenvalue weighted by molar-refractivity contribution is -0.115. The van der Waals surface area contributed by atoms with E-state index in [2.05, 4.69) is 26.2 Å². The number of carbonyl (C=O) groups excluding carboxylic acids is 1. The van der Waals surface area contributed by atoms with Crippen LogP contribution in [0.15, 0.2) is 34.2 Å². The summed E-state index contributed by atoms with van der Waals surface area (Å²) < 4.78 is 0.878. The van der Waals surface area contributed by atoms with E-state index in [4.69, 9.17) is 18.0 Å². The quantitative estimate of drug-likeness (QED) is 0.827. The van der Waals surface area contributed by atoms with Gasteiger partial charge in [-0.1, -0.05) is 47.8 Å². The highest BCUT2D eigenvalue weighted by atomic mass is 79.9. The molecule has 98 valence electrons. The molecule has 1 heterocycles. The Morgan fingerprint density at radius 1 is 1.42 bits per heavy atom. The zero-order valence-corrected chi connectivity index (χ0v) is 12.9. The lowest BCUT2D eigenvalue weighted by atomic mass is 10.1. The zero-order valence-electron chi connectivity index (χ0n) is 9.72. The first kappa shape index (κ1) is 14.1. The molecule has 1 aromatic carbocycles. The van der Waals surface area contributed by atoms with Crippen LogP contribution in [-0.2, 0) is 11.2 Å². The van der Waals surface area contributed by atoms with E-state index in [1.807, 2.05) is 24.3 Å². The van der Waals surface area contributed by atoms with E-state index >= 15 is 0 Å². The van der Waals surface area contributed by atoms with Crippen LogP contribution >= 0.6 is 39.5 Å².